The highest BCUT2D eigenvalue weighted by Crippen LogP contribution is 2.03. The highest BCUT2D eigenvalue weighted by Gasteiger charge is 2.37. The zero-order valence-corrected chi connectivity index (χ0v) is 13.0. The maximum Gasteiger partial charge on any atom is 0.646 e. The Bertz CT molecular complexity index is 643. The lowest BCUT2D eigenvalue weighted by Crippen LogP contribution is -2.92. The first-order valence-electron chi connectivity index (χ1n) is 6.25. The third-order valence-electron chi connectivity index (χ3n) is 2.42. The molecule has 0 aromatic carbocycles. The van der Waals surface area contributed by atoms with Crippen LogP contribution in [0.2, 0.25) is 0 Å². The molecular formula is C11H10BCl2F2N7. The smallest absolute Gasteiger partial charge is 0.414 e. The molecule has 2 aromatic heterocycles. The van der Waals surface area contributed by atoms with Crippen LogP contribution in [0.25, 0.3) is 0 Å². The summed E-state index contributed by atoms with van der Waals surface area (Å²) in [6.45, 7) is -4.17. The standard InChI is InChI=1S/C10H8BF2N7.CH2Cl2/c12-11(13)19-9(7-14-3-1-4-15-7)18-10(20-11)8-16-5-2-6-17-8;2-1-3/h1-6,19H,(H,18,20);1H2. The summed E-state index contributed by atoms with van der Waals surface area (Å²) in [4.78, 5) is 20.8. The summed E-state index contributed by atoms with van der Waals surface area (Å²) in [5, 5.41) is 2.88. The van der Waals surface area contributed by atoms with Gasteiger partial charge < -0.3 is 18.4 Å². The van der Waals surface area contributed by atoms with Gasteiger partial charge in [0.25, 0.3) is 5.84 Å². The van der Waals surface area contributed by atoms with Gasteiger partial charge in [0, 0.05) is 24.8 Å². The van der Waals surface area contributed by atoms with Crippen LogP contribution in [-0.4, -0.2) is 43.9 Å². The second kappa shape index (κ2) is 7.88. The van der Waals surface area contributed by atoms with E-state index in [9.17, 15) is 8.63 Å². The lowest BCUT2D eigenvalue weighted by atomic mass is 10.0. The van der Waals surface area contributed by atoms with Gasteiger partial charge in [-0.05, 0) is 12.1 Å². The van der Waals surface area contributed by atoms with Crippen LogP contribution in [-0.2, 0) is 0 Å². The minimum absolute atomic E-state index is 0.0342. The topological polar surface area (TPSA) is 89.9 Å². The van der Waals surface area contributed by atoms with Crippen molar-refractivity contribution < 1.29 is 13.5 Å². The number of halogens is 4. The molecule has 0 unspecified atom stereocenters. The highest BCUT2D eigenvalue weighted by molar-refractivity contribution is 6.58. The molecule has 0 fully saturated rings. The van der Waals surface area contributed by atoms with E-state index in [0.717, 1.165) is 0 Å². The maximum atomic E-state index is 13.7. The number of hydrogen-bond donors (Lipinski definition) is 2. The molecule has 0 radical (unpaired) electrons. The van der Waals surface area contributed by atoms with E-state index in [1.165, 1.54) is 24.8 Å². The van der Waals surface area contributed by atoms with Crippen LogP contribution in [0, 0.1) is 0 Å². The molecule has 120 valence electrons. The molecule has 1 aliphatic rings. The van der Waals surface area contributed by atoms with Crippen molar-refractivity contribution in [2.45, 2.75) is 0 Å². The highest BCUT2D eigenvalue weighted by atomic mass is 35.5. The van der Waals surface area contributed by atoms with E-state index < -0.39 is 6.97 Å². The van der Waals surface area contributed by atoms with Gasteiger partial charge in [-0.1, -0.05) is 0 Å². The van der Waals surface area contributed by atoms with Gasteiger partial charge in [-0.25, -0.2) is 25.3 Å². The molecular weight excluding hydrogens is 350 g/mol. The first-order chi connectivity index (χ1) is 11.1. The summed E-state index contributed by atoms with van der Waals surface area (Å²) in [6.07, 6.45) is 5.79. The molecule has 0 saturated heterocycles. The van der Waals surface area contributed by atoms with Crippen molar-refractivity contribution >= 4 is 41.8 Å². The molecule has 3 heterocycles. The van der Waals surface area contributed by atoms with Gasteiger partial charge in [0.05, 0.1) is 5.34 Å². The van der Waals surface area contributed by atoms with E-state index in [1.54, 1.807) is 12.1 Å². The maximum absolute atomic E-state index is 13.7. The average molecular weight is 360 g/mol. The average Bonchev–Trinajstić information content (AvgIpc) is 2.56. The van der Waals surface area contributed by atoms with Crippen LogP contribution in [0.5, 0.6) is 0 Å². The molecule has 0 saturated carbocycles. The number of alkyl halides is 2. The Morgan fingerprint density at radius 3 is 1.96 bits per heavy atom. The summed E-state index contributed by atoms with van der Waals surface area (Å²) in [5.41, 5.74) is 0. The summed E-state index contributed by atoms with van der Waals surface area (Å²) in [7, 11) is 0. The Morgan fingerprint density at radius 1 is 0.957 bits per heavy atom. The van der Waals surface area contributed by atoms with E-state index >= 15 is 0 Å². The van der Waals surface area contributed by atoms with Crippen molar-refractivity contribution in [3.8, 4) is 0 Å². The number of nitrogens with zero attached hydrogens (tertiary/aromatic N) is 5. The molecule has 0 spiro atoms. The molecule has 3 rings (SSSR count). The first kappa shape index (κ1) is 17.2. The van der Waals surface area contributed by atoms with Gasteiger partial charge in [0.15, 0.2) is 0 Å². The largest absolute Gasteiger partial charge is 0.646 e. The predicted octanol–water partition coefficient (Wildman–Crippen LogP) is -0.0601. The zero-order valence-electron chi connectivity index (χ0n) is 11.5. The van der Waals surface area contributed by atoms with Crippen molar-refractivity contribution in [2.75, 3.05) is 5.34 Å². The minimum Gasteiger partial charge on any atom is -0.414 e. The Balaban J connectivity index is 0.000000595. The second-order valence-corrected chi connectivity index (χ2v) is 4.80. The fourth-order valence-electron chi connectivity index (χ4n) is 1.64. The van der Waals surface area contributed by atoms with Gasteiger partial charge >= 0.3 is 6.97 Å². The van der Waals surface area contributed by atoms with Crippen molar-refractivity contribution in [3.63, 3.8) is 0 Å². The van der Waals surface area contributed by atoms with Crippen LogP contribution in [0.1, 0.15) is 11.6 Å². The summed E-state index contributed by atoms with van der Waals surface area (Å²) in [5.74, 6) is 0.0196. The van der Waals surface area contributed by atoms with Crippen molar-refractivity contribution in [3.05, 3.63) is 48.6 Å². The number of rotatable bonds is 2. The molecule has 1 aliphatic heterocycles. The van der Waals surface area contributed by atoms with Crippen LogP contribution in [0.15, 0.2) is 41.8 Å². The van der Waals surface area contributed by atoms with Gasteiger partial charge in [-0.2, -0.15) is 0 Å². The molecule has 0 amide bonds. The van der Waals surface area contributed by atoms with E-state index in [1.807, 2.05) is 4.90 Å². The fraction of sp³-hybridized carbons (Fsp3) is 0.0909. The third-order valence-corrected chi connectivity index (χ3v) is 2.42. The van der Waals surface area contributed by atoms with Crippen LogP contribution in [0.4, 0.5) is 8.63 Å². The summed E-state index contributed by atoms with van der Waals surface area (Å²) in [6, 6.07) is 3.17. The lowest BCUT2D eigenvalue weighted by molar-refractivity contribution is -0.340. The van der Waals surface area contributed by atoms with Gasteiger partial charge in [0.1, 0.15) is 0 Å². The van der Waals surface area contributed by atoms with Gasteiger partial charge in [-0.3, -0.25) is 0 Å². The van der Waals surface area contributed by atoms with Crippen LogP contribution >= 0.6 is 23.2 Å². The predicted molar refractivity (Wildman–Crippen MR) is 83.4 cm³/mol. The fourth-order valence-corrected chi connectivity index (χ4v) is 1.64. The molecule has 7 nitrogen and oxygen atoms in total. The SMILES string of the molecule is ClCCl.F[B-]1(F)N=C(c2ncccn2)NC(c2ncccn2)=[NH+]1. The second-order valence-electron chi connectivity index (χ2n) is 3.99. The van der Waals surface area contributed by atoms with Gasteiger partial charge in [0.2, 0.25) is 17.5 Å². The van der Waals surface area contributed by atoms with Crippen molar-refractivity contribution in [1.82, 2.24) is 25.3 Å². The minimum atomic E-state index is -4.17. The summed E-state index contributed by atoms with van der Waals surface area (Å²) >= 11 is 9.53. The zero-order chi connectivity index (χ0) is 16.7. The molecule has 0 aliphatic carbocycles. The van der Waals surface area contributed by atoms with E-state index in [-0.39, 0.29) is 28.7 Å². The number of nitrogens with one attached hydrogen (secondary N) is 2. The van der Waals surface area contributed by atoms with Crippen molar-refractivity contribution in [1.29, 1.82) is 0 Å². The number of hydrogen-bond acceptors (Lipinski definition) is 6. The van der Waals surface area contributed by atoms with E-state index in [0.29, 0.717) is 0 Å². The number of amidine groups is 2. The lowest BCUT2D eigenvalue weighted by Gasteiger charge is -2.19. The number of aromatic nitrogens is 4. The Kier molecular flexibility index (Phi) is 5.88. The quantitative estimate of drug-likeness (QED) is 0.579. The monoisotopic (exact) mass is 359 g/mol. The van der Waals surface area contributed by atoms with Crippen LogP contribution in [0.3, 0.4) is 0 Å². The van der Waals surface area contributed by atoms with Crippen LogP contribution < -0.4 is 10.2 Å². The third kappa shape index (κ3) is 4.90. The van der Waals surface area contributed by atoms with Gasteiger partial charge in [-0.15, -0.1) is 23.2 Å². The Morgan fingerprint density at radius 2 is 1.43 bits per heavy atom. The van der Waals surface area contributed by atoms with E-state index in [2.05, 4.69) is 30.2 Å². The Hall–Kier alpha value is -2.20. The molecule has 2 aromatic rings. The Labute approximate surface area is 140 Å². The van der Waals surface area contributed by atoms with Crippen molar-refractivity contribution in [2.24, 2.45) is 4.90 Å². The molecule has 12 heteroatoms. The molecule has 0 atom stereocenters. The molecule has 0 bridgehead atoms. The summed E-state index contributed by atoms with van der Waals surface area (Å²) < 4.78 is 27.3. The molecule has 2 N–H and O–H groups in total. The molecule has 23 heavy (non-hydrogen) atoms. The normalized spacial score (nSPS) is 15.5. The van der Waals surface area contributed by atoms with E-state index in [4.69, 9.17) is 23.2 Å². The first-order valence-corrected chi connectivity index (χ1v) is 7.32.